The molecule has 0 aliphatic carbocycles. The van der Waals surface area contributed by atoms with Gasteiger partial charge in [0.2, 0.25) is 0 Å². The zero-order valence-corrected chi connectivity index (χ0v) is 14.1. The highest BCUT2D eigenvalue weighted by Gasteiger charge is 2.53. The molecule has 0 fully saturated rings. The molecule has 0 aromatic heterocycles. The summed E-state index contributed by atoms with van der Waals surface area (Å²) in [6, 6.07) is 19.9. The normalized spacial score (nSPS) is 23.3. The Morgan fingerprint density at radius 1 is 0.870 bits per heavy atom. The van der Waals surface area contributed by atoms with E-state index in [1.807, 2.05) is 53.5 Å². The van der Waals surface area contributed by atoms with Gasteiger partial charge in [-0.3, -0.25) is 0 Å². The van der Waals surface area contributed by atoms with Gasteiger partial charge in [-0.15, -0.1) is 0 Å². The molecule has 1 atom stereocenters. The summed E-state index contributed by atoms with van der Waals surface area (Å²) in [6.07, 6.45) is 0. The average molecular weight is 306 g/mol. The molecule has 4 heteroatoms. The van der Waals surface area contributed by atoms with Crippen molar-refractivity contribution in [2.24, 2.45) is 20.7 Å². The van der Waals surface area contributed by atoms with Gasteiger partial charge in [-0.05, 0) is 38.1 Å². The number of anilines is 1. The first-order valence-electron chi connectivity index (χ1n) is 7.84. The fourth-order valence-corrected chi connectivity index (χ4v) is 2.68. The number of hydrogen-bond donors (Lipinski definition) is 0. The van der Waals surface area contributed by atoms with Crippen molar-refractivity contribution in [3.05, 3.63) is 60.7 Å². The third kappa shape index (κ3) is 2.54. The van der Waals surface area contributed by atoms with E-state index in [0.717, 1.165) is 17.1 Å². The third-order valence-electron chi connectivity index (χ3n) is 4.87. The molecule has 118 valence electrons. The summed E-state index contributed by atoms with van der Waals surface area (Å²) >= 11 is 0. The molecular formula is C19H22N4. The summed E-state index contributed by atoms with van der Waals surface area (Å²) in [4.78, 5) is 0. The molecule has 1 unspecified atom stereocenters. The summed E-state index contributed by atoms with van der Waals surface area (Å²) < 4.78 is 0. The van der Waals surface area contributed by atoms with Crippen molar-refractivity contribution in [2.75, 3.05) is 5.01 Å². The van der Waals surface area contributed by atoms with Crippen LogP contribution in [0.25, 0.3) is 0 Å². The second-order valence-electron chi connectivity index (χ2n) is 6.51. The molecule has 2 aromatic carbocycles. The summed E-state index contributed by atoms with van der Waals surface area (Å²) in [5.74, 6) is 0. The first-order chi connectivity index (χ1) is 10.9. The number of rotatable bonds is 3. The van der Waals surface area contributed by atoms with Crippen LogP contribution in [-0.4, -0.2) is 11.4 Å². The van der Waals surface area contributed by atoms with Gasteiger partial charge in [0.1, 0.15) is 0 Å². The lowest BCUT2D eigenvalue weighted by molar-refractivity contribution is 0.278. The number of hydrogen-bond acceptors (Lipinski definition) is 4. The van der Waals surface area contributed by atoms with E-state index in [9.17, 15) is 0 Å². The van der Waals surface area contributed by atoms with Gasteiger partial charge in [-0.25, -0.2) is 5.01 Å². The van der Waals surface area contributed by atoms with Crippen molar-refractivity contribution in [3.63, 3.8) is 0 Å². The van der Waals surface area contributed by atoms with E-state index in [2.05, 4.69) is 44.9 Å². The average Bonchev–Trinajstić information content (AvgIpc) is 2.75. The SMILES string of the molecule is CC1=NN(c2ccccc2)C(C)(N=Nc2ccccc2)C1(C)C. The van der Waals surface area contributed by atoms with E-state index in [-0.39, 0.29) is 5.41 Å². The minimum absolute atomic E-state index is 0.221. The number of hydrazone groups is 1. The monoisotopic (exact) mass is 306 g/mol. The van der Waals surface area contributed by atoms with E-state index in [1.54, 1.807) is 0 Å². The topological polar surface area (TPSA) is 40.3 Å². The Morgan fingerprint density at radius 3 is 2.04 bits per heavy atom. The van der Waals surface area contributed by atoms with Crippen molar-refractivity contribution in [2.45, 2.75) is 33.4 Å². The minimum atomic E-state index is -0.575. The van der Waals surface area contributed by atoms with Crippen LogP contribution in [0.4, 0.5) is 11.4 Å². The molecule has 1 aliphatic heterocycles. The molecular weight excluding hydrogens is 284 g/mol. The van der Waals surface area contributed by atoms with Crippen LogP contribution < -0.4 is 5.01 Å². The van der Waals surface area contributed by atoms with E-state index >= 15 is 0 Å². The standard InChI is InChI=1S/C19H22N4/c1-15-18(2,3)19(4,22-20-16-11-7-5-8-12-16)23(21-15)17-13-9-6-10-14-17/h5-14H,1-4H3. The van der Waals surface area contributed by atoms with Crippen LogP contribution in [0, 0.1) is 5.41 Å². The second kappa shape index (κ2) is 5.61. The van der Waals surface area contributed by atoms with Crippen molar-refractivity contribution in [1.82, 2.24) is 0 Å². The van der Waals surface area contributed by atoms with Crippen LogP contribution in [-0.2, 0) is 0 Å². The molecule has 0 spiro atoms. The predicted molar refractivity (Wildman–Crippen MR) is 95.2 cm³/mol. The van der Waals surface area contributed by atoms with Gasteiger partial charge < -0.3 is 0 Å². The smallest absolute Gasteiger partial charge is 0.180 e. The van der Waals surface area contributed by atoms with Crippen molar-refractivity contribution < 1.29 is 0 Å². The zero-order valence-electron chi connectivity index (χ0n) is 14.1. The quantitative estimate of drug-likeness (QED) is 0.699. The molecule has 0 amide bonds. The van der Waals surface area contributed by atoms with Gasteiger partial charge in [0.05, 0.1) is 16.8 Å². The molecule has 1 aliphatic rings. The fourth-order valence-electron chi connectivity index (χ4n) is 2.68. The summed E-state index contributed by atoms with van der Waals surface area (Å²) in [5.41, 5.74) is 2.12. The molecule has 0 saturated heterocycles. The van der Waals surface area contributed by atoms with Crippen LogP contribution >= 0.6 is 0 Å². The zero-order chi connectivity index (χ0) is 16.5. The first-order valence-corrected chi connectivity index (χ1v) is 7.84. The minimum Gasteiger partial charge on any atom is -0.236 e. The van der Waals surface area contributed by atoms with Crippen molar-refractivity contribution in [1.29, 1.82) is 0 Å². The number of benzene rings is 2. The Kier molecular flexibility index (Phi) is 3.76. The third-order valence-corrected chi connectivity index (χ3v) is 4.87. The molecule has 3 rings (SSSR count). The lowest BCUT2D eigenvalue weighted by Gasteiger charge is -2.39. The van der Waals surface area contributed by atoms with E-state index in [1.165, 1.54) is 0 Å². The molecule has 0 N–H and O–H groups in total. The molecule has 0 saturated carbocycles. The largest absolute Gasteiger partial charge is 0.236 e. The van der Waals surface area contributed by atoms with Crippen molar-refractivity contribution in [3.8, 4) is 0 Å². The highest BCUT2D eigenvalue weighted by Crippen LogP contribution is 2.46. The second-order valence-corrected chi connectivity index (χ2v) is 6.51. The van der Waals surface area contributed by atoms with E-state index < -0.39 is 5.66 Å². The van der Waals surface area contributed by atoms with Gasteiger partial charge in [0.25, 0.3) is 0 Å². The maximum Gasteiger partial charge on any atom is 0.180 e. The predicted octanol–water partition coefficient (Wildman–Crippen LogP) is 5.41. The molecule has 1 heterocycles. The summed E-state index contributed by atoms with van der Waals surface area (Å²) in [7, 11) is 0. The van der Waals surface area contributed by atoms with Gasteiger partial charge in [0.15, 0.2) is 5.66 Å². The van der Waals surface area contributed by atoms with Gasteiger partial charge in [0, 0.05) is 5.71 Å². The lowest BCUT2D eigenvalue weighted by Crippen LogP contribution is -2.49. The molecule has 0 radical (unpaired) electrons. The van der Waals surface area contributed by atoms with E-state index in [4.69, 9.17) is 10.2 Å². The van der Waals surface area contributed by atoms with Gasteiger partial charge >= 0.3 is 0 Å². The van der Waals surface area contributed by atoms with Gasteiger partial charge in [-0.1, -0.05) is 50.2 Å². The number of azo groups is 1. The van der Waals surface area contributed by atoms with Crippen molar-refractivity contribution >= 4 is 17.1 Å². The maximum absolute atomic E-state index is 4.77. The summed E-state index contributed by atoms with van der Waals surface area (Å²) in [6.45, 7) is 8.48. The van der Waals surface area contributed by atoms with Crippen LogP contribution in [0.3, 0.4) is 0 Å². The van der Waals surface area contributed by atoms with Crippen LogP contribution in [0.1, 0.15) is 27.7 Å². The highest BCUT2D eigenvalue weighted by molar-refractivity contribution is 5.92. The molecule has 0 bridgehead atoms. The molecule has 23 heavy (non-hydrogen) atoms. The highest BCUT2D eigenvalue weighted by atomic mass is 15.6. The Morgan fingerprint density at radius 2 is 1.43 bits per heavy atom. The van der Waals surface area contributed by atoms with E-state index in [0.29, 0.717) is 0 Å². The Hall–Kier alpha value is -2.49. The summed E-state index contributed by atoms with van der Waals surface area (Å²) in [5, 5.41) is 16.0. The molecule has 2 aromatic rings. The number of para-hydroxylation sites is 1. The maximum atomic E-state index is 4.77. The Labute approximate surface area is 137 Å². The first kappa shape index (κ1) is 15.4. The van der Waals surface area contributed by atoms with Crippen LogP contribution in [0.15, 0.2) is 76.0 Å². The lowest BCUT2D eigenvalue weighted by atomic mass is 9.77. The fraction of sp³-hybridized carbons (Fsp3) is 0.316. The van der Waals surface area contributed by atoms with Crippen LogP contribution in [0.2, 0.25) is 0 Å². The van der Waals surface area contributed by atoms with Crippen LogP contribution in [0.5, 0.6) is 0 Å². The number of nitrogens with zero attached hydrogens (tertiary/aromatic N) is 4. The Bertz CT molecular complexity index is 734. The van der Waals surface area contributed by atoms with Gasteiger partial charge in [-0.2, -0.15) is 15.3 Å². The Balaban J connectivity index is 2.03. The molecule has 4 nitrogen and oxygen atoms in total.